The monoisotopic (exact) mass is 447 g/mol. The van der Waals surface area contributed by atoms with E-state index in [2.05, 4.69) is 39.6 Å². The van der Waals surface area contributed by atoms with Gasteiger partial charge in [0.25, 0.3) is 0 Å². The molecule has 1 atom stereocenters. The fraction of sp³-hybridized carbons (Fsp3) is 0.440. The number of amides is 1. The van der Waals surface area contributed by atoms with E-state index in [4.69, 9.17) is 14.5 Å². The van der Waals surface area contributed by atoms with Crippen molar-refractivity contribution in [2.45, 2.75) is 31.8 Å². The van der Waals surface area contributed by atoms with Crippen molar-refractivity contribution in [1.29, 1.82) is 0 Å². The molecule has 0 radical (unpaired) electrons. The molecule has 1 N–H and O–H groups in total. The second-order valence-electron chi connectivity index (χ2n) is 8.65. The van der Waals surface area contributed by atoms with Crippen LogP contribution in [0.4, 0.5) is 0 Å². The first-order chi connectivity index (χ1) is 16.2. The van der Waals surface area contributed by atoms with Crippen LogP contribution in [0.3, 0.4) is 0 Å². The van der Waals surface area contributed by atoms with Crippen LogP contribution in [0.5, 0.6) is 5.88 Å². The zero-order valence-electron chi connectivity index (χ0n) is 18.9. The van der Waals surface area contributed by atoms with Crippen LogP contribution >= 0.6 is 0 Å². The van der Waals surface area contributed by atoms with Crippen molar-refractivity contribution < 1.29 is 14.3 Å². The van der Waals surface area contributed by atoms with Crippen LogP contribution in [0, 0.1) is 0 Å². The van der Waals surface area contributed by atoms with Crippen molar-refractivity contribution in [2.75, 3.05) is 39.4 Å². The molecule has 0 saturated carbocycles. The molecular formula is C25H29N5O3. The number of hydrogen-bond donors (Lipinski definition) is 1. The predicted octanol–water partition coefficient (Wildman–Crippen LogP) is 2.78. The minimum absolute atomic E-state index is 0.0488. The standard InChI is InChI=1S/C25H29N5O3/c1-17(31)30-12-13-32-21(15-30)16-33-25-24-23(27-10-11-28-24)14-22(29-25)20-4-2-18(3-5-20)19-6-8-26-9-7-19/h2-5,10-11,14,19,21,26H,6-9,12-13,15-16H2,1H3. The van der Waals surface area contributed by atoms with Gasteiger partial charge in [0.1, 0.15) is 12.7 Å². The lowest BCUT2D eigenvalue weighted by molar-refractivity contribution is -0.137. The van der Waals surface area contributed by atoms with E-state index in [-0.39, 0.29) is 12.0 Å². The highest BCUT2D eigenvalue weighted by Gasteiger charge is 2.23. The van der Waals surface area contributed by atoms with Crippen LogP contribution in [0.25, 0.3) is 22.3 Å². The maximum absolute atomic E-state index is 11.7. The maximum atomic E-state index is 11.7. The number of carbonyl (C=O) groups excluding carboxylic acids is 1. The molecule has 8 nitrogen and oxygen atoms in total. The molecule has 1 amide bonds. The number of benzene rings is 1. The fourth-order valence-electron chi connectivity index (χ4n) is 4.55. The Morgan fingerprint density at radius 2 is 1.97 bits per heavy atom. The fourth-order valence-corrected chi connectivity index (χ4v) is 4.55. The summed E-state index contributed by atoms with van der Waals surface area (Å²) in [6.07, 6.45) is 5.45. The highest BCUT2D eigenvalue weighted by atomic mass is 16.5. The summed E-state index contributed by atoms with van der Waals surface area (Å²) >= 11 is 0. The molecule has 1 aromatic carbocycles. The molecule has 8 heteroatoms. The third-order valence-electron chi connectivity index (χ3n) is 6.43. The van der Waals surface area contributed by atoms with Gasteiger partial charge in [0.15, 0.2) is 5.52 Å². The molecule has 0 aliphatic carbocycles. The molecule has 5 rings (SSSR count). The first-order valence-corrected chi connectivity index (χ1v) is 11.6. The van der Waals surface area contributed by atoms with Gasteiger partial charge >= 0.3 is 0 Å². The Balaban J connectivity index is 1.37. The van der Waals surface area contributed by atoms with Crippen molar-refractivity contribution in [3.63, 3.8) is 0 Å². The molecule has 172 valence electrons. The second kappa shape index (κ2) is 9.80. The summed E-state index contributed by atoms with van der Waals surface area (Å²) in [5.41, 5.74) is 4.54. The Bertz CT molecular complexity index is 1110. The SMILES string of the molecule is CC(=O)N1CCOC(COc2nc(-c3ccc(C4CCNCC4)cc3)cc3nccnc23)C1. The summed E-state index contributed by atoms with van der Waals surface area (Å²) in [4.78, 5) is 27.2. The number of morpholine rings is 1. The normalized spacial score (nSPS) is 19.5. The number of hydrogen-bond acceptors (Lipinski definition) is 7. The van der Waals surface area contributed by atoms with E-state index in [1.54, 1.807) is 24.2 Å². The quantitative estimate of drug-likeness (QED) is 0.643. The molecule has 33 heavy (non-hydrogen) atoms. The number of nitrogens with one attached hydrogen (secondary N) is 1. The zero-order chi connectivity index (χ0) is 22.6. The lowest BCUT2D eigenvalue weighted by atomic mass is 9.89. The number of carbonyl (C=O) groups is 1. The van der Waals surface area contributed by atoms with E-state index in [1.165, 1.54) is 18.4 Å². The van der Waals surface area contributed by atoms with Gasteiger partial charge in [-0.25, -0.2) is 9.97 Å². The van der Waals surface area contributed by atoms with Crippen molar-refractivity contribution >= 4 is 16.9 Å². The van der Waals surface area contributed by atoms with Gasteiger partial charge in [-0.2, -0.15) is 0 Å². The average Bonchev–Trinajstić information content (AvgIpc) is 2.88. The van der Waals surface area contributed by atoms with Crippen LogP contribution in [0.15, 0.2) is 42.7 Å². The minimum atomic E-state index is -0.205. The highest BCUT2D eigenvalue weighted by Crippen LogP contribution is 2.30. The lowest BCUT2D eigenvalue weighted by Crippen LogP contribution is -2.46. The Labute approximate surface area is 193 Å². The summed E-state index contributed by atoms with van der Waals surface area (Å²) in [7, 11) is 0. The molecule has 3 aromatic rings. The molecule has 2 aromatic heterocycles. The lowest BCUT2D eigenvalue weighted by Gasteiger charge is -2.32. The third-order valence-corrected chi connectivity index (χ3v) is 6.43. The molecule has 4 heterocycles. The summed E-state index contributed by atoms with van der Waals surface area (Å²) in [5, 5.41) is 3.42. The van der Waals surface area contributed by atoms with E-state index < -0.39 is 0 Å². The largest absolute Gasteiger partial charge is 0.473 e. The second-order valence-corrected chi connectivity index (χ2v) is 8.65. The van der Waals surface area contributed by atoms with Gasteiger partial charge in [-0.15, -0.1) is 0 Å². The minimum Gasteiger partial charge on any atom is -0.473 e. The Hall–Kier alpha value is -3.10. The third kappa shape index (κ3) is 4.96. The Morgan fingerprint density at radius 1 is 1.18 bits per heavy atom. The number of piperidine rings is 1. The molecular weight excluding hydrogens is 418 g/mol. The van der Waals surface area contributed by atoms with Gasteiger partial charge in [-0.3, -0.25) is 9.78 Å². The van der Waals surface area contributed by atoms with E-state index in [9.17, 15) is 4.79 Å². The molecule has 2 aliphatic heterocycles. The predicted molar refractivity (Wildman–Crippen MR) is 125 cm³/mol. The topological polar surface area (TPSA) is 89.5 Å². The molecule has 2 fully saturated rings. The van der Waals surface area contributed by atoms with Crippen molar-refractivity contribution in [3.8, 4) is 17.1 Å². The van der Waals surface area contributed by atoms with Crippen LogP contribution in [0.2, 0.25) is 0 Å². The summed E-state index contributed by atoms with van der Waals surface area (Å²) in [6.45, 7) is 5.65. The summed E-state index contributed by atoms with van der Waals surface area (Å²) < 4.78 is 11.9. The van der Waals surface area contributed by atoms with Gasteiger partial charge in [-0.05, 0) is 43.5 Å². The van der Waals surface area contributed by atoms with E-state index in [1.807, 2.05) is 6.07 Å². The Morgan fingerprint density at radius 3 is 2.76 bits per heavy atom. The number of pyridine rings is 1. The van der Waals surface area contributed by atoms with Crippen LogP contribution in [0.1, 0.15) is 31.2 Å². The van der Waals surface area contributed by atoms with Crippen molar-refractivity contribution in [3.05, 3.63) is 48.3 Å². The summed E-state index contributed by atoms with van der Waals surface area (Å²) in [5.74, 6) is 1.09. The van der Waals surface area contributed by atoms with Gasteiger partial charge in [0.05, 0.1) is 24.4 Å². The molecule has 0 spiro atoms. The number of nitrogens with zero attached hydrogens (tertiary/aromatic N) is 4. The van der Waals surface area contributed by atoms with Crippen molar-refractivity contribution in [1.82, 2.24) is 25.2 Å². The van der Waals surface area contributed by atoms with Crippen LogP contribution in [-0.2, 0) is 9.53 Å². The summed E-state index contributed by atoms with van der Waals surface area (Å²) in [6, 6.07) is 10.6. The number of aromatic nitrogens is 3. The van der Waals surface area contributed by atoms with E-state index in [0.29, 0.717) is 43.6 Å². The molecule has 2 saturated heterocycles. The first-order valence-electron chi connectivity index (χ1n) is 11.6. The molecule has 2 aliphatic rings. The average molecular weight is 448 g/mol. The van der Waals surface area contributed by atoms with Gasteiger partial charge < -0.3 is 19.7 Å². The number of ether oxygens (including phenoxy) is 2. The highest BCUT2D eigenvalue weighted by molar-refractivity contribution is 5.83. The Kier molecular flexibility index (Phi) is 6.46. The number of rotatable bonds is 5. The molecule has 1 unspecified atom stereocenters. The smallest absolute Gasteiger partial charge is 0.242 e. The maximum Gasteiger partial charge on any atom is 0.242 e. The van der Waals surface area contributed by atoms with E-state index >= 15 is 0 Å². The first kappa shape index (κ1) is 21.7. The van der Waals surface area contributed by atoms with Gasteiger partial charge in [-0.1, -0.05) is 24.3 Å². The number of fused-ring (bicyclic) bond motifs is 1. The van der Waals surface area contributed by atoms with Crippen LogP contribution in [-0.4, -0.2) is 71.3 Å². The van der Waals surface area contributed by atoms with E-state index in [0.717, 1.165) is 29.9 Å². The van der Waals surface area contributed by atoms with Crippen LogP contribution < -0.4 is 10.1 Å². The van der Waals surface area contributed by atoms with Gasteiger partial charge in [0, 0.05) is 31.4 Å². The van der Waals surface area contributed by atoms with Crippen molar-refractivity contribution in [2.24, 2.45) is 0 Å². The molecule has 0 bridgehead atoms. The zero-order valence-corrected chi connectivity index (χ0v) is 18.9. The van der Waals surface area contributed by atoms with Gasteiger partial charge in [0.2, 0.25) is 11.8 Å².